The van der Waals surface area contributed by atoms with E-state index in [1.54, 1.807) is 13.1 Å². The van der Waals surface area contributed by atoms with E-state index in [9.17, 15) is 9.59 Å². The van der Waals surface area contributed by atoms with Gasteiger partial charge in [0.1, 0.15) is 11.2 Å². The number of nitrogens with one attached hydrogen (secondary N) is 1. The highest BCUT2D eigenvalue weighted by Crippen LogP contribution is 2.38. The number of aryl methyl sites for hydroxylation is 1. The minimum absolute atomic E-state index is 0.0490. The standard InChI is InChI=1S/C20H25FN4O3/c1-3-13-15-17(26)14(20(27)28-4-2)11-25(12-5-6-12)18(15)23-19(16(13)21)24-9-7-22-8-10-24/h11-12,22H,3-10H2,1-2H3. The van der Waals surface area contributed by atoms with E-state index in [2.05, 4.69) is 10.3 Å². The highest BCUT2D eigenvalue weighted by atomic mass is 19.1. The Morgan fingerprint density at radius 1 is 1.32 bits per heavy atom. The van der Waals surface area contributed by atoms with Crippen molar-refractivity contribution in [3.05, 3.63) is 33.4 Å². The maximum atomic E-state index is 15.4. The number of nitrogens with zero attached hydrogens (tertiary/aromatic N) is 3. The topological polar surface area (TPSA) is 76.5 Å². The molecular formula is C20H25FN4O3. The molecule has 2 fully saturated rings. The molecule has 0 amide bonds. The van der Waals surface area contributed by atoms with Crippen molar-refractivity contribution >= 4 is 22.8 Å². The number of aromatic nitrogens is 2. The third-order valence-electron chi connectivity index (χ3n) is 5.39. The Morgan fingerprint density at radius 2 is 2.04 bits per heavy atom. The summed E-state index contributed by atoms with van der Waals surface area (Å²) >= 11 is 0. The first kappa shape index (κ1) is 18.9. The van der Waals surface area contributed by atoms with Gasteiger partial charge in [-0.1, -0.05) is 6.92 Å². The number of anilines is 1. The van der Waals surface area contributed by atoms with Crippen LogP contribution in [0.3, 0.4) is 0 Å². The minimum Gasteiger partial charge on any atom is -0.462 e. The monoisotopic (exact) mass is 388 g/mol. The van der Waals surface area contributed by atoms with Gasteiger partial charge in [0, 0.05) is 44.0 Å². The quantitative estimate of drug-likeness (QED) is 0.790. The Balaban J connectivity index is 1.99. The zero-order chi connectivity index (χ0) is 19.8. The normalized spacial score (nSPS) is 17.2. The molecule has 2 aliphatic rings. The molecule has 0 spiro atoms. The molecule has 3 heterocycles. The van der Waals surface area contributed by atoms with Crippen LogP contribution in [0.1, 0.15) is 48.7 Å². The molecule has 0 radical (unpaired) electrons. The van der Waals surface area contributed by atoms with Gasteiger partial charge in [0.25, 0.3) is 0 Å². The van der Waals surface area contributed by atoms with E-state index < -0.39 is 17.2 Å². The van der Waals surface area contributed by atoms with Gasteiger partial charge in [-0.05, 0) is 26.2 Å². The van der Waals surface area contributed by atoms with Gasteiger partial charge in [-0.3, -0.25) is 4.79 Å². The van der Waals surface area contributed by atoms with Gasteiger partial charge in [-0.25, -0.2) is 14.2 Å². The van der Waals surface area contributed by atoms with Crippen LogP contribution in [0.2, 0.25) is 0 Å². The smallest absolute Gasteiger partial charge is 0.343 e. The first-order chi connectivity index (χ1) is 13.6. The van der Waals surface area contributed by atoms with Crippen LogP contribution < -0.4 is 15.6 Å². The molecule has 150 valence electrons. The first-order valence-corrected chi connectivity index (χ1v) is 9.96. The van der Waals surface area contributed by atoms with Crippen molar-refractivity contribution in [1.82, 2.24) is 14.9 Å². The Hall–Kier alpha value is -2.48. The minimum atomic E-state index is -0.669. The second-order valence-electron chi connectivity index (χ2n) is 7.25. The first-order valence-electron chi connectivity index (χ1n) is 9.96. The zero-order valence-electron chi connectivity index (χ0n) is 16.3. The molecule has 2 aromatic rings. The third-order valence-corrected chi connectivity index (χ3v) is 5.39. The number of hydrogen-bond donors (Lipinski definition) is 1. The van der Waals surface area contributed by atoms with Crippen LogP contribution >= 0.6 is 0 Å². The van der Waals surface area contributed by atoms with Gasteiger partial charge in [0.15, 0.2) is 11.6 Å². The molecule has 1 aliphatic carbocycles. The number of halogens is 1. The molecule has 2 aromatic heterocycles. The Kier molecular flexibility index (Phi) is 5.05. The van der Waals surface area contributed by atoms with E-state index in [4.69, 9.17) is 4.74 Å². The molecule has 0 bridgehead atoms. The van der Waals surface area contributed by atoms with Crippen molar-refractivity contribution in [2.75, 3.05) is 37.7 Å². The number of hydrogen-bond acceptors (Lipinski definition) is 6. The Labute approximate surface area is 162 Å². The van der Waals surface area contributed by atoms with Gasteiger partial charge in [0.05, 0.1) is 12.0 Å². The maximum Gasteiger partial charge on any atom is 0.343 e. The molecule has 1 saturated carbocycles. The van der Waals surface area contributed by atoms with Crippen LogP contribution in [0.5, 0.6) is 0 Å². The number of carbonyl (C=O) groups is 1. The predicted octanol–water partition coefficient (Wildman–Crippen LogP) is 2.02. The molecule has 0 aromatic carbocycles. The van der Waals surface area contributed by atoms with Gasteiger partial charge in [-0.2, -0.15) is 0 Å². The Bertz CT molecular complexity index is 978. The number of esters is 1. The summed E-state index contributed by atoms with van der Waals surface area (Å²) in [4.78, 5) is 32.0. The average molecular weight is 388 g/mol. The molecule has 1 N–H and O–H groups in total. The summed E-state index contributed by atoms with van der Waals surface area (Å²) in [7, 11) is 0. The highest BCUT2D eigenvalue weighted by molar-refractivity contribution is 5.94. The number of pyridine rings is 2. The summed E-state index contributed by atoms with van der Waals surface area (Å²) in [6.45, 7) is 6.53. The highest BCUT2D eigenvalue weighted by Gasteiger charge is 2.31. The summed E-state index contributed by atoms with van der Waals surface area (Å²) in [5.74, 6) is -0.835. The number of carbonyl (C=O) groups excluding carboxylic acids is 1. The molecule has 1 aliphatic heterocycles. The van der Waals surface area contributed by atoms with E-state index in [1.165, 1.54) is 0 Å². The molecule has 8 heteroatoms. The summed E-state index contributed by atoms with van der Waals surface area (Å²) in [5, 5.41) is 3.46. The van der Waals surface area contributed by atoms with Crippen molar-refractivity contribution in [3.63, 3.8) is 0 Å². The lowest BCUT2D eigenvalue weighted by molar-refractivity contribution is 0.0524. The van der Waals surface area contributed by atoms with E-state index >= 15 is 4.39 Å². The second-order valence-corrected chi connectivity index (χ2v) is 7.25. The Morgan fingerprint density at radius 3 is 2.64 bits per heavy atom. The molecule has 0 atom stereocenters. The lowest BCUT2D eigenvalue weighted by atomic mass is 10.0. The van der Waals surface area contributed by atoms with Crippen molar-refractivity contribution in [2.24, 2.45) is 0 Å². The average Bonchev–Trinajstić information content (AvgIpc) is 3.54. The molecule has 1 saturated heterocycles. The fourth-order valence-corrected chi connectivity index (χ4v) is 3.81. The fourth-order valence-electron chi connectivity index (χ4n) is 3.81. The predicted molar refractivity (Wildman–Crippen MR) is 105 cm³/mol. The summed E-state index contributed by atoms with van der Waals surface area (Å²) in [5.41, 5.74) is 0.240. The van der Waals surface area contributed by atoms with E-state index in [0.717, 1.165) is 25.9 Å². The number of rotatable bonds is 5. The molecule has 7 nitrogen and oxygen atoms in total. The molecule has 0 unspecified atom stereocenters. The van der Waals surface area contributed by atoms with Gasteiger partial charge < -0.3 is 19.5 Å². The SMILES string of the molecule is CCOC(=O)c1cn(C2CC2)c2nc(N3CCNCC3)c(F)c(CC)c2c1=O. The van der Waals surface area contributed by atoms with Crippen LogP contribution in [0.4, 0.5) is 10.2 Å². The van der Waals surface area contributed by atoms with Crippen LogP contribution in [0, 0.1) is 5.82 Å². The lowest BCUT2D eigenvalue weighted by Crippen LogP contribution is -2.44. The number of ether oxygens (including phenoxy) is 1. The van der Waals surface area contributed by atoms with Crippen LogP contribution in [-0.2, 0) is 11.2 Å². The van der Waals surface area contributed by atoms with Crippen LogP contribution in [-0.4, -0.2) is 48.3 Å². The van der Waals surface area contributed by atoms with Crippen molar-refractivity contribution < 1.29 is 13.9 Å². The van der Waals surface area contributed by atoms with Crippen LogP contribution in [0.15, 0.2) is 11.0 Å². The van der Waals surface area contributed by atoms with Crippen molar-refractivity contribution in [1.29, 1.82) is 0 Å². The summed E-state index contributed by atoms with van der Waals surface area (Å²) in [6.07, 6.45) is 3.79. The zero-order valence-corrected chi connectivity index (χ0v) is 16.3. The van der Waals surface area contributed by atoms with Gasteiger partial charge in [0.2, 0.25) is 5.43 Å². The molecule has 28 heavy (non-hydrogen) atoms. The number of piperazine rings is 1. The second kappa shape index (κ2) is 7.50. The fraction of sp³-hybridized carbons (Fsp3) is 0.550. The molecular weight excluding hydrogens is 363 g/mol. The van der Waals surface area contributed by atoms with E-state index in [0.29, 0.717) is 36.5 Å². The van der Waals surface area contributed by atoms with Crippen LogP contribution in [0.25, 0.3) is 11.0 Å². The summed E-state index contributed by atoms with van der Waals surface area (Å²) < 4.78 is 22.3. The van der Waals surface area contributed by atoms with Gasteiger partial charge in [-0.15, -0.1) is 0 Å². The van der Waals surface area contributed by atoms with E-state index in [-0.39, 0.29) is 23.6 Å². The third kappa shape index (κ3) is 3.15. The lowest BCUT2D eigenvalue weighted by Gasteiger charge is -2.29. The summed E-state index contributed by atoms with van der Waals surface area (Å²) in [6, 6.07) is 0.176. The van der Waals surface area contributed by atoms with E-state index in [1.807, 2.05) is 16.4 Å². The van der Waals surface area contributed by atoms with Crippen molar-refractivity contribution in [2.45, 2.75) is 39.2 Å². The molecule has 4 rings (SSSR count). The largest absolute Gasteiger partial charge is 0.462 e. The van der Waals surface area contributed by atoms with Crippen molar-refractivity contribution in [3.8, 4) is 0 Å². The van der Waals surface area contributed by atoms with Gasteiger partial charge >= 0.3 is 5.97 Å². The number of fused-ring (bicyclic) bond motifs is 1. The maximum absolute atomic E-state index is 15.4.